The molecule has 1 saturated heterocycles. The Kier molecular flexibility index (Phi) is 3.84. The largest absolute Gasteiger partial charge is 0.375 e. The van der Waals surface area contributed by atoms with Gasteiger partial charge in [0.05, 0.1) is 5.60 Å². The van der Waals surface area contributed by atoms with Gasteiger partial charge < -0.3 is 10.1 Å². The summed E-state index contributed by atoms with van der Waals surface area (Å²) in [4.78, 5) is 0. The van der Waals surface area contributed by atoms with Crippen LogP contribution in [0.3, 0.4) is 0 Å². The van der Waals surface area contributed by atoms with Gasteiger partial charge in [-0.05, 0) is 50.7 Å². The molecule has 0 aromatic heterocycles. The molecule has 1 aromatic rings. The van der Waals surface area contributed by atoms with Crippen LogP contribution >= 0.6 is 11.6 Å². The molecule has 2 atom stereocenters. The number of rotatable bonds is 3. The molecule has 1 spiro atoms. The maximum Gasteiger partial charge on any atom is 0.0697 e. The van der Waals surface area contributed by atoms with Crippen molar-refractivity contribution in [2.45, 2.75) is 56.7 Å². The zero-order valence-electron chi connectivity index (χ0n) is 11.5. The van der Waals surface area contributed by atoms with E-state index < -0.39 is 0 Å². The molecule has 3 heteroatoms. The van der Waals surface area contributed by atoms with Crippen molar-refractivity contribution in [1.29, 1.82) is 0 Å². The lowest BCUT2D eigenvalue weighted by molar-refractivity contribution is -0.136. The predicted molar refractivity (Wildman–Crippen MR) is 78.6 cm³/mol. The maximum absolute atomic E-state index is 6.27. The fraction of sp³-hybridized carbons (Fsp3) is 0.625. The van der Waals surface area contributed by atoms with E-state index in [0.717, 1.165) is 24.5 Å². The van der Waals surface area contributed by atoms with E-state index in [1.165, 1.54) is 24.8 Å². The Morgan fingerprint density at radius 3 is 2.84 bits per heavy atom. The minimum atomic E-state index is 0.204. The Hall–Kier alpha value is -0.570. The predicted octanol–water partition coefficient (Wildman–Crippen LogP) is 4.09. The lowest BCUT2D eigenvalue weighted by Gasteiger charge is -2.47. The smallest absolute Gasteiger partial charge is 0.0697 e. The van der Waals surface area contributed by atoms with Crippen LogP contribution in [-0.4, -0.2) is 18.2 Å². The number of hydrogen-bond donors (Lipinski definition) is 1. The van der Waals surface area contributed by atoms with Gasteiger partial charge >= 0.3 is 0 Å². The SMILES string of the molecule is CC(NC1CCOC2(CCC2)C1)c1ccccc1Cl. The topological polar surface area (TPSA) is 21.3 Å². The first-order valence-corrected chi connectivity index (χ1v) is 7.71. The molecular weight excluding hydrogens is 258 g/mol. The Balaban J connectivity index is 1.63. The molecule has 1 aliphatic heterocycles. The van der Waals surface area contributed by atoms with Crippen LogP contribution in [0.4, 0.5) is 0 Å². The Bertz CT molecular complexity index is 444. The van der Waals surface area contributed by atoms with Crippen LogP contribution in [-0.2, 0) is 4.74 Å². The number of nitrogens with one attached hydrogen (secondary N) is 1. The number of benzene rings is 1. The molecule has 2 unspecified atom stereocenters. The third-order valence-electron chi connectivity index (χ3n) is 4.62. The lowest BCUT2D eigenvalue weighted by atomic mass is 9.74. The van der Waals surface area contributed by atoms with Gasteiger partial charge in [0.2, 0.25) is 0 Å². The Morgan fingerprint density at radius 1 is 1.37 bits per heavy atom. The zero-order chi connectivity index (χ0) is 13.3. The van der Waals surface area contributed by atoms with Gasteiger partial charge in [0.15, 0.2) is 0 Å². The summed E-state index contributed by atoms with van der Waals surface area (Å²) < 4.78 is 5.98. The Labute approximate surface area is 120 Å². The number of ether oxygens (including phenoxy) is 1. The van der Waals surface area contributed by atoms with Crippen molar-refractivity contribution in [2.75, 3.05) is 6.61 Å². The van der Waals surface area contributed by atoms with E-state index in [1.807, 2.05) is 12.1 Å². The molecule has 1 saturated carbocycles. The van der Waals surface area contributed by atoms with Crippen LogP contribution in [0.1, 0.15) is 50.6 Å². The van der Waals surface area contributed by atoms with E-state index in [1.54, 1.807) is 0 Å². The first-order chi connectivity index (χ1) is 9.19. The van der Waals surface area contributed by atoms with Gasteiger partial charge in [0.1, 0.15) is 0 Å². The van der Waals surface area contributed by atoms with Crippen molar-refractivity contribution >= 4 is 11.6 Å². The lowest BCUT2D eigenvalue weighted by Crippen LogP contribution is -2.51. The molecule has 1 N–H and O–H groups in total. The molecule has 1 aromatic carbocycles. The summed E-state index contributed by atoms with van der Waals surface area (Å²) in [5.41, 5.74) is 1.40. The second-order valence-electron chi connectivity index (χ2n) is 5.98. The van der Waals surface area contributed by atoms with E-state index in [4.69, 9.17) is 16.3 Å². The molecule has 0 amide bonds. The molecule has 1 aliphatic carbocycles. The summed E-state index contributed by atoms with van der Waals surface area (Å²) >= 11 is 6.27. The number of halogens is 1. The van der Waals surface area contributed by atoms with Gasteiger partial charge in [-0.25, -0.2) is 0 Å². The van der Waals surface area contributed by atoms with Gasteiger partial charge in [-0.1, -0.05) is 29.8 Å². The molecule has 2 nitrogen and oxygen atoms in total. The molecule has 104 valence electrons. The average Bonchev–Trinajstić information content (AvgIpc) is 2.37. The number of hydrogen-bond acceptors (Lipinski definition) is 2. The molecule has 0 bridgehead atoms. The van der Waals surface area contributed by atoms with Crippen molar-refractivity contribution in [3.05, 3.63) is 34.9 Å². The van der Waals surface area contributed by atoms with E-state index in [2.05, 4.69) is 24.4 Å². The summed E-state index contributed by atoms with van der Waals surface area (Å²) in [6, 6.07) is 8.96. The second-order valence-corrected chi connectivity index (χ2v) is 6.39. The second kappa shape index (κ2) is 5.43. The van der Waals surface area contributed by atoms with Gasteiger partial charge in [0, 0.05) is 23.7 Å². The van der Waals surface area contributed by atoms with Crippen molar-refractivity contribution in [3.63, 3.8) is 0 Å². The molecule has 19 heavy (non-hydrogen) atoms. The van der Waals surface area contributed by atoms with Crippen LogP contribution in [0.2, 0.25) is 5.02 Å². The van der Waals surface area contributed by atoms with Gasteiger partial charge in [-0.3, -0.25) is 0 Å². The summed E-state index contributed by atoms with van der Waals surface area (Å²) in [6.45, 7) is 3.09. The minimum Gasteiger partial charge on any atom is -0.375 e. The molecular formula is C16H22ClNO. The third kappa shape index (κ3) is 2.81. The average molecular weight is 280 g/mol. The van der Waals surface area contributed by atoms with Crippen molar-refractivity contribution in [1.82, 2.24) is 5.32 Å². The van der Waals surface area contributed by atoms with E-state index in [0.29, 0.717) is 12.1 Å². The summed E-state index contributed by atoms with van der Waals surface area (Å²) in [7, 11) is 0. The molecule has 2 aliphatic rings. The monoisotopic (exact) mass is 279 g/mol. The fourth-order valence-corrected chi connectivity index (χ4v) is 3.66. The van der Waals surface area contributed by atoms with Crippen molar-refractivity contribution < 1.29 is 4.74 Å². The van der Waals surface area contributed by atoms with Crippen molar-refractivity contribution in [3.8, 4) is 0 Å². The third-order valence-corrected chi connectivity index (χ3v) is 4.96. The molecule has 1 heterocycles. The minimum absolute atomic E-state index is 0.204. The highest BCUT2D eigenvalue weighted by Crippen LogP contribution is 2.42. The van der Waals surface area contributed by atoms with Crippen LogP contribution in [0.25, 0.3) is 0 Å². The van der Waals surface area contributed by atoms with E-state index in [9.17, 15) is 0 Å². The maximum atomic E-state index is 6.27. The highest BCUT2D eigenvalue weighted by atomic mass is 35.5. The zero-order valence-corrected chi connectivity index (χ0v) is 12.2. The highest BCUT2D eigenvalue weighted by molar-refractivity contribution is 6.31. The first kappa shape index (κ1) is 13.4. The van der Waals surface area contributed by atoms with Gasteiger partial charge in [0.25, 0.3) is 0 Å². The van der Waals surface area contributed by atoms with Crippen LogP contribution in [0.5, 0.6) is 0 Å². The highest BCUT2D eigenvalue weighted by Gasteiger charge is 2.42. The summed E-state index contributed by atoms with van der Waals surface area (Å²) in [6.07, 6.45) is 6.07. The summed E-state index contributed by atoms with van der Waals surface area (Å²) in [5, 5.41) is 4.59. The Morgan fingerprint density at radius 2 is 2.16 bits per heavy atom. The van der Waals surface area contributed by atoms with Gasteiger partial charge in [-0.15, -0.1) is 0 Å². The normalized spacial score (nSPS) is 26.9. The molecule has 2 fully saturated rings. The quantitative estimate of drug-likeness (QED) is 0.900. The summed E-state index contributed by atoms with van der Waals surface area (Å²) in [5.74, 6) is 0. The van der Waals surface area contributed by atoms with E-state index in [-0.39, 0.29) is 5.60 Å². The standard InChI is InChI=1S/C16H22ClNO/c1-12(14-5-2-3-6-15(14)17)18-13-7-10-19-16(11-13)8-4-9-16/h2-3,5-6,12-13,18H,4,7-11H2,1H3. The van der Waals surface area contributed by atoms with Crippen molar-refractivity contribution in [2.24, 2.45) is 0 Å². The van der Waals surface area contributed by atoms with Crippen LogP contribution in [0.15, 0.2) is 24.3 Å². The molecule has 0 radical (unpaired) electrons. The van der Waals surface area contributed by atoms with E-state index >= 15 is 0 Å². The fourth-order valence-electron chi connectivity index (χ4n) is 3.36. The molecule has 3 rings (SSSR count). The van der Waals surface area contributed by atoms with Crippen LogP contribution < -0.4 is 5.32 Å². The van der Waals surface area contributed by atoms with Gasteiger partial charge in [-0.2, -0.15) is 0 Å². The first-order valence-electron chi connectivity index (χ1n) is 7.33. The van der Waals surface area contributed by atoms with Crippen LogP contribution in [0, 0.1) is 0 Å².